The molecule has 0 unspecified atom stereocenters. The summed E-state index contributed by atoms with van der Waals surface area (Å²) in [6, 6.07) is 1.77. The summed E-state index contributed by atoms with van der Waals surface area (Å²) in [7, 11) is 1.31. The van der Waals surface area contributed by atoms with Crippen molar-refractivity contribution >= 4 is 17.7 Å². The van der Waals surface area contributed by atoms with Crippen molar-refractivity contribution in [2.45, 2.75) is 71.2 Å². The molecule has 0 spiro atoms. The molecular weight excluding hydrogens is 452 g/mol. The molecule has 0 bridgehead atoms. The number of aliphatic hydroxyl groups is 1. The Morgan fingerprint density at radius 2 is 1.86 bits per heavy atom. The minimum absolute atomic E-state index is 0.0547. The smallest absolute Gasteiger partial charge is 0.331 e. The van der Waals surface area contributed by atoms with E-state index in [1.165, 1.54) is 25.5 Å². The quantitative estimate of drug-likeness (QED) is 0.645. The molecule has 0 amide bonds. The average molecular weight is 485 g/mol. The van der Waals surface area contributed by atoms with Crippen LogP contribution in [0.2, 0.25) is 0 Å². The van der Waals surface area contributed by atoms with E-state index >= 15 is 0 Å². The van der Waals surface area contributed by atoms with Crippen molar-refractivity contribution in [1.29, 1.82) is 0 Å². The Labute approximate surface area is 204 Å². The van der Waals surface area contributed by atoms with Crippen LogP contribution in [0.15, 0.2) is 46.5 Å². The lowest BCUT2D eigenvalue weighted by Gasteiger charge is -2.59. The molecule has 2 aliphatic carbocycles. The Morgan fingerprint density at radius 1 is 1.14 bits per heavy atom. The number of carbonyl (C=O) groups excluding carboxylic acids is 3. The van der Waals surface area contributed by atoms with Gasteiger partial charge >= 0.3 is 11.9 Å². The molecule has 3 heterocycles. The summed E-state index contributed by atoms with van der Waals surface area (Å²) in [6.45, 7) is 9.22. The van der Waals surface area contributed by atoms with E-state index in [1.54, 1.807) is 33.1 Å². The van der Waals surface area contributed by atoms with E-state index in [0.29, 0.717) is 24.2 Å². The van der Waals surface area contributed by atoms with E-state index < -0.39 is 51.4 Å². The Balaban J connectivity index is 1.70. The molecule has 0 radical (unpaired) electrons. The summed E-state index contributed by atoms with van der Waals surface area (Å²) in [5, 5.41) is 12.6. The standard InChI is InChI=1S/C27H32O8/c1-23(2)16(11-20(29)32-6)25(4)19(13-18(23)28)35-26(5)17-12-21(30)34-22(15-7-10-33-14-15)24(17,3)8-9-27(25,26)31/h7,10,12-14,16,22,31H,8-9,11H2,1-6H3/t16-,22-,24+,25-,26+,27-/m0/s1. The van der Waals surface area contributed by atoms with E-state index in [-0.39, 0.29) is 12.2 Å². The van der Waals surface area contributed by atoms with Gasteiger partial charge in [-0.3, -0.25) is 9.59 Å². The molecule has 5 rings (SSSR count). The van der Waals surface area contributed by atoms with Gasteiger partial charge in [-0.05, 0) is 44.2 Å². The highest BCUT2D eigenvalue weighted by Gasteiger charge is 2.78. The molecule has 1 aromatic heterocycles. The van der Waals surface area contributed by atoms with Gasteiger partial charge in [0.2, 0.25) is 0 Å². The number of ether oxygens (including phenoxy) is 3. The Kier molecular flexibility index (Phi) is 4.83. The van der Waals surface area contributed by atoms with Crippen molar-refractivity contribution in [3.8, 4) is 0 Å². The van der Waals surface area contributed by atoms with Gasteiger partial charge in [-0.25, -0.2) is 4.79 Å². The van der Waals surface area contributed by atoms with Crippen LogP contribution in [0.25, 0.3) is 0 Å². The molecule has 1 saturated heterocycles. The molecule has 4 aliphatic rings. The molecule has 0 aromatic carbocycles. The molecular formula is C27H32O8. The van der Waals surface area contributed by atoms with Crippen LogP contribution < -0.4 is 0 Å². The van der Waals surface area contributed by atoms with E-state index in [4.69, 9.17) is 18.6 Å². The summed E-state index contributed by atoms with van der Waals surface area (Å²) in [5.74, 6) is -1.43. The van der Waals surface area contributed by atoms with Gasteiger partial charge in [-0.1, -0.05) is 20.8 Å². The lowest BCUT2D eigenvalue weighted by Crippen LogP contribution is -2.67. The molecule has 1 saturated carbocycles. The maximum absolute atomic E-state index is 13.2. The predicted molar refractivity (Wildman–Crippen MR) is 123 cm³/mol. The first-order chi connectivity index (χ1) is 16.3. The molecule has 1 N–H and O–H groups in total. The van der Waals surface area contributed by atoms with Gasteiger partial charge in [0.1, 0.15) is 17.5 Å². The zero-order valence-electron chi connectivity index (χ0n) is 21.0. The van der Waals surface area contributed by atoms with Crippen LogP contribution in [-0.4, -0.2) is 41.1 Å². The molecule has 2 aliphatic heterocycles. The number of furan rings is 1. The predicted octanol–water partition coefficient (Wildman–Crippen LogP) is 3.80. The van der Waals surface area contributed by atoms with Gasteiger partial charge in [0, 0.05) is 28.5 Å². The monoisotopic (exact) mass is 484 g/mol. The second kappa shape index (κ2) is 7.09. The van der Waals surface area contributed by atoms with Crippen LogP contribution in [0.1, 0.15) is 65.5 Å². The van der Waals surface area contributed by atoms with Crippen molar-refractivity contribution in [1.82, 2.24) is 0 Å². The highest BCUT2D eigenvalue weighted by atomic mass is 16.6. The average Bonchev–Trinajstić information content (AvgIpc) is 3.38. The summed E-state index contributed by atoms with van der Waals surface area (Å²) in [6.07, 6.45) is 6.09. The fraction of sp³-hybridized carbons (Fsp3) is 0.593. The van der Waals surface area contributed by atoms with Gasteiger partial charge in [0.25, 0.3) is 0 Å². The zero-order chi connectivity index (χ0) is 25.6. The molecule has 35 heavy (non-hydrogen) atoms. The van der Waals surface area contributed by atoms with E-state index in [1.807, 2.05) is 13.8 Å². The minimum Gasteiger partial charge on any atom is -0.484 e. The van der Waals surface area contributed by atoms with Crippen LogP contribution in [-0.2, 0) is 28.6 Å². The second-order valence-corrected chi connectivity index (χ2v) is 11.5. The Bertz CT molecular complexity index is 1180. The minimum atomic E-state index is -1.51. The highest BCUT2D eigenvalue weighted by Crippen LogP contribution is 2.72. The summed E-state index contributed by atoms with van der Waals surface area (Å²) in [4.78, 5) is 38.5. The highest BCUT2D eigenvalue weighted by molar-refractivity contribution is 5.97. The summed E-state index contributed by atoms with van der Waals surface area (Å²) >= 11 is 0. The van der Waals surface area contributed by atoms with E-state index in [2.05, 4.69) is 0 Å². The third kappa shape index (κ3) is 2.74. The van der Waals surface area contributed by atoms with Crippen molar-refractivity contribution < 1.29 is 38.1 Å². The zero-order valence-corrected chi connectivity index (χ0v) is 21.0. The third-order valence-electron chi connectivity index (χ3n) is 9.59. The van der Waals surface area contributed by atoms with Crippen LogP contribution >= 0.6 is 0 Å². The van der Waals surface area contributed by atoms with E-state index in [9.17, 15) is 19.5 Å². The topological polar surface area (TPSA) is 112 Å². The number of esters is 2. The first-order valence-electron chi connectivity index (χ1n) is 12.0. The molecule has 8 heteroatoms. The number of rotatable bonds is 3. The van der Waals surface area contributed by atoms with Gasteiger partial charge in [-0.2, -0.15) is 0 Å². The SMILES string of the molecule is COC(=O)C[C@H]1C(C)(C)C(=O)C=C2O[C@]3(C)C4=CC(=O)O[C@@H](c5ccoc5)[C@]4(C)CC[C@]3(O)[C@]21C. The lowest BCUT2D eigenvalue weighted by atomic mass is 9.45. The molecule has 6 atom stereocenters. The van der Waals surface area contributed by atoms with Gasteiger partial charge in [0.05, 0.1) is 31.5 Å². The fourth-order valence-electron chi connectivity index (χ4n) is 7.39. The molecule has 1 aromatic rings. The number of allylic oxidation sites excluding steroid dienone is 1. The van der Waals surface area contributed by atoms with Gasteiger partial charge in [0.15, 0.2) is 11.4 Å². The van der Waals surface area contributed by atoms with Crippen LogP contribution in [0.3, 0.4) is 0 Å². The van der Waals surface area contributed by atoms with Crippen LogP contribution in [0.5, 0.6) is 0 Å². The Morgan fingerprint density at radius 3 is 2.49 bits per heavy atom. The first kappa shape index (κ1) is 23.9. The third-order valence-corrected chi connectivity index (χ3v) is 9.59. The van der Waals surface area contributed by atoms with E-state index in [0.717, 1.165) is 5.56 Å². The number of cyclic esters (lactones) is 1. The number of ketones is 1. The Hall–Kier alpha value is -2.87. The van der Waals surface area contributed by atoms with Crippen LogP contribution in [0.4, 0.5) is 0 Å². The van der Waals surface area contributed by atoms with Crippen LogP contribution in [0, 0.1) is 22.2 Å². The lowest BCUT2D eigenvalue weighted by molar-refractivity contribution is -0.191. The number of hydrogen-bond donors (Lipinski definition) is 1. The number of carbonyl (C=O) groups is 3. The number of methoxy groups -OCH3 is 1. The second-order valence-electron chi connectivity index (χ2n) is 11.5. The first-order valence-corrected chi connectivity index (χ1v) is 12.0. The van der Waals surface area contributed by atoms with Crippen molar-refractivity contribution in [2.75, 3.05) is 7.11 Å². The summed E-state index contributed by atoms with van der Waals surface area (Å²) < 4.78 is 22.6. The number of hydrogen-bond acceptors (Lipinski definition) is 8. The molecule has 188 valence electrons. The number of fused-ring (bicyclic) bond motifs is 5. The normalized spacial score (nSPS) is 41.5. The molecule has 2 fully saturated rings. The van der Waals surface area contributed by atoms with Crippen molar-refractivity contribution in [3.63, 3.8) is 0 Å². The maximum Gasteiger partial charge on any atom is 0.331 e. The van der Waals surface area contributed by atoms with Crippen molar-refractivity contribution in [2.24, 2.45) is 22.2 Å². The summed E-state index contributed by atoms with van der Waals surface area (Å²) in [5.41, 5.74) is -4.22. The fourth-order valence-corrected chi connectivity index (χ4v) is 7.39. The largest absolute Gasteiger partial charge is 0.484 e. The van der Waals surface area contributed by atoms with Crippen molar-refractivity contribution in [3.05, 3.63) is 47.6 Å². The maximum atomic E-state index is 13.2. The molecule has 8 nitrogen and oxygen atoms in total. The van der Waals surface area contributed by atoms with Gasteiger partial charge in [-0.15, -0.1) is 0 Å². The van der Waals surface area contributed by atoms with Gasteiger partial charge < -0.3 is 23.7 Å².